The smallest absolute Gasteiger partial charge is 0.119 e. The lowest BCUT2D eigenvalue weighted by atomic mass is 10.0. The molecule has 66 valence electrons. The van der Waals surface area contributed by atoms with E-state index >= 15 is 0 Å². The van der Waals surface area contributed by atoms with Crippen LogP contribution in [0.3, 0.4) is 0 Å². The summed E-state index contributed by atoms with van der Waals surface area (Å²) >= 11 is 5.57. The molecule has 0 heterocycles. The third-order valence-electron chi connectivity index (χ3n) is 1.95. The Labute approximate surface area is 78.0 Å². The van der Waals surface area contributed by atoms with E-state index in [1.165, 1.54) is 0 Å². The molecule has 0 amide bonds. The van der Waals surface area contributed by atoms with Crippen LogP contribution in [0.15, 0.2) is 18.2 Å². The molecular weight excluding hydrogens is 172 g/mol. The molecule has 0 aromatic heterocycles. The van der Waals surface area contributed by atoms with Gasteiger partial charge < -0.3 is 5.11 Å². The summed E-state index contributed by atoms with van der Waals surface area (Å²) in [6.07, 6.45) is 1.78. The van der Waals surface area contributed by atoms with Gasteiger partial charge in [0.25, 0.3) is 0 Å². The minimum absolute atomic E-state index is 0.389. The van der Waals surface area contributed by atoms with Crippen LogP contribution in [-0.4, -0.2) is 11.0 Å². The zero-order valence-electron chi connectivity index (χ0n) is 7.18. The fraction of sp³-hybridized carbons (Fsp3) is 0.400. The summed E-state index contributed by atoms with van der Waals surface area (Å²) in [6, 6.07) is 5.58. The molecule has 0 radical (unpaired) electrons. The summed E-state index contributed by atoms with van der Waals surface area (Å²) in [5, 5.41) is 9.47. The summed E-state index contributed by atoms with van der Waals surface area (Å²) in [5.74, 6) is 1.04. The molecule has 0 aliphatic heterocycles. The average Bonchev–Trinajstić information content (AvgIpc) is 2.04. The van der Waals surface area contributed by atoms with Crippen LogP contribution in [0.4, 0.5) is 0 Å². The van der Waals surface area contributed by atoms with Crippen molar-refractivity contribution < 1.29 is 5.11 Å². The number of alkyl halides is 1. The molecule has 0 aliphatic carbocycles. The van der Waals surface area contributed by atoms with E-state index < -0.39 is 0 Å². The summed E-state index contributed by atoms with van der Waals surface area (Å²) < 4.78 is 0. The maximum atomic E-state index is 9.47. The molecule has 1 aromatic rings. The van der Waals surface area contributed by atoms with Crippen molar-refractivity contribution in [2.75, 3.05) is 5.88 Å². The van der Waals surface area contributed by atoms with Crippen LogP contribution in [0.25, 0.3) is 0 Å². The fourth-order valence-electron chi connectivity index (χ4n) is 1.26. The van der Waals surface area contributed by atoms with Crippen molar-refractivity contribution in [2.24, 2.45) is 0 Å². The molecule has 0 atom stereocenters. The molecule has 2 heteroatoms. The van der Waals surface area contributed by atoms with E-state index in [1.54, 1.807) is 6.07 Å². The van der Waals surface area contributed by atoms with Crippen molar-refractivity contribution in [3.8, 4) is 5.75 Å². The van der Waals surface area contributed by atoms with Crippen molar-refractivity contribution in [3.63, 3.8) is 0 Å². The molecule has 1 nitrogen and oxygen atoms in total. The molecule has 0 saturated carbocycles. The van der Waals surface area contributed by atoms with Gasteiger partial charge in [0.15, 0.2) is 0 Å². The van der Waals surface area contributed by atoms with Gasteiger partial charge in [-0.2, -0.15) is 0 Å². The lowest BCUT2D eigenvalue weighted by molar-refractivity contribution is 0.467. The molecular formula is C10H13ClO. The lowest BCUT2D eigenvalue weighted by Crippen LogP contribution is -1.90. The summed E-state index contributed by atoms with van der Waals surface area (Å²) in [7, 11) is 0. The van der Waals surface area contributed by atoms with Gasteiger partial charge in [0, 0.05) is 5.88 Å². The second-order valence-electron chi connectivity index (χ2n) is 2.87. The maximum Gasteiger partial charge on any atom is 0.119 e. The van der Waals surface area contributed by atoms with Gasteiger partial charge in [-0.15, -0.1) is 11.6 Å². The van der Waals surface area contributed by atoms with Crippen LogP contribution in [0.1, 0.15) is 17.5 Å². The van der Waals surface area contributed by atoms with Crippen molar-refractivity contribution in [1.82, 2.24) is 0 Å². The van der Waals surface area contributed by atoms with Gasteiger partial charge in [0.2, 0.25) is 0 Å². The third-order valence-corrected chi connectivity index (χ3v) is 2.21. The first-order chi connectivity index (χ1) is 5.75. The second-order valence-corrected chi connectivity index (χ2v) is 3.24. The molecule has 0 saturated heterocycles. The largest absolute Gasteiger partial charge is 0.508 e. The zero-order valence-corrected chi connectivity index (χ0v) is 7.93. The fourth-order valence-corrected chi connectivity index (χ4v) is 1.39. The molecule has 0 fully saturated rings. The number of aromatic hydroxyl groups is 1. The van der Waals surface area contributed by atoms with E-state index in [1.807, 2.05) is 19.1 Å². The van der Waals surface area contributed by atoms with Crippen LogP contribution in [0.5, 0.6) is 5.75 Å². The molecule has 0 aliphatic rings. The standard InChI is InChI=1S/C10H13ClO/c1-8-4-2-6-10(12)9(8)5-3-7-11/h2,4,6,12H,3,5,7H2,1H3. The van der Waals surface area contributed by atoms with Gasteiger partial charge in [0.1, 0.15) is 5.75 Å². The predicted octanol–water partition coefficient (Wildman–Crippen LogP) is 2.87. The van der Waals surface area contributed by atoms with Gasteiger partial charge >= 0.3 is 0 Å². The van der Waals surface area contributed by atoms with Gasteiger partial charge in [-0.1, -0.05) is 12.1 Å². The van der Waals surface area contributed by atoms with Crippen LogP contribution in [0.2, 0.25) is 0 Å². The second kappa shape index (κ2) is 4.36. The third kappa shape index (κ3) is 2.15. The van der Waals surface area contributed by atoms with Crippen molar-refractivity contribution >= 4 is 11.6 Å². The summed E-state index contributed by atoms with van der Waals surface area (Å²) in [4.78, 5) is 0. The van der Waals surface area contributed by atoms with E-state index in [0.29, 0.717) is 11.6 Å². The molecule has 12 heavy (non-hydrogen) atoms. The first-order valence-corrected chi connectivity index (χ1v) is 4.62. The van der Waals surface area contributed by atoms with Crippen molar-refractivity contribution in [3.05, 3.63) is 29.3 Å². The Morgan fingerprint density at radius 1 is 1.42 bits per heavy atom. The Kier molecular flexibility index (Phi) is 3.42. The highest BCUT2D eigenvalue weighted by atomic mass is 35.5. The van der Waals surface area contributed by atoms with Gasteiger partial charge in [-0.25, -0.2) is 0 Å². The zero-order chi connectivity index (χ0) is 8.97. The number of phenols is 1. The molecule has 0 spiro atoms. The minimum Gasteiger partial charge on any atom is -0.508 e. The Morgan fingerprint density at radius 3 is 2.75 bits per heavy atom. The number of phenolic OH excluding ortho intramolecular Hbond substituents is 1. The number of benzene rings is 1. The maximum absolute atomic E-state index is 9.47. The van der Waals surface area contributed by atoms with Crippen molar-refractivity contribution in [1.29, 1.82) is 0 Å². The SMILES string of the molecule is Cc1cccc(O)c1CCCCl. The quantitative estimate of drug-likeness (QED) is 0.717. The van der Waals surface area contributed by atoms with E-state index in [2.05, 4.69) is 0 Å². The summed E-state index contributed by atoms with van der Waals surface area (Å²) in [5.41, 5.74) is 2.17. The molecule has 1 aromatic carbocycles. The molecule has 0 unspecified atom stereocenters. The van der Waals surface area contributed by atoms with E-state index in [-0.39, 0.29) is 0 Å². The van der Waals surface area contributed by atoms with E-state index in [4.69, 9.17) is 11.6 Å². The first kappa shape index (κ1) is 9.40. The monoisotopic (exact) mass is 184 g/mol. The lowest BCUT2D eigenvalue weighted by Gasteiger charge is -2.06. The highest BCUT2D eigenvalue weighted by Crippen LogP contribution is 2.21. The van der Waals surface area contributed by atoms with Crippen LogP contribution >= 0.6 is 11.6 Å². The predicted molar refractivity (Wildman–Crippen MR) is 51.9 cm³/mol. The molecule has 0 bridgehead atoms. The van der Waals surface area contributed by atoms with Crippen LogP contribution in [0, 0.1) is 6.92 Å². The highest BCUT2D eigenvalue weighted by molar-refractivity contribution is 6.17. The number of hydrogen-bond donors (Lipinski definition) is 1. The Morgan fingerprint density at radius 2 is 2.17 bits per heavy atom. The van der Waals surface area contributed by atoms with Gasteiger partial charge in [-0.3, -0.25) is 0 Å². The number of aryl methyl sites for hydroxylation is 1. The van der Waals surface area contributed by atoms with E-state index in [0.717, 1.165) is 24.0 Å². The average molecular weight is 185 g/mol. The summed E-state index contributed by atoms with van der Waals surface area (Å²) in [6.45, 7) is 2.00. The normalized spacial score (nSPS) is 10.2. The number of halogens is 1. The highest BCUT2D eigenvalue weighted by Gasteiger charge is 2.02. The Bertz CT molecular complexity index is 238. The van der Waals surface area contributed by atoms with Crippen molar-refractivity contribution in [2.45, 2.75) is 19.8 Å². The number of rotatable bonds is 3. The molecule has 1 N–H and O–H groups in total. The first-order valence-electron chi connectivity index (χ1n) is 4.09. The van der Waals surface area contributed by atoms with Crippen LogP contribution in [-0.2, 0) is 6.42 Å². The topological polar surface area (TPSA) is 20.2 Å². The van der Waals surface area contributed by atoms with Gasteiger partial charge in [-0.05, 0) is 37.0 Å². The number of hydrogen-bond acceptors (Lipinski definition) is 1. The van der Waals surface area contributed by atoms with E-state index in [9.17, 15) is 5.11 Å². The Hall–Kier alpha value is -0.690. The molecule has 1 rings (SSSR count). The minimum atomic E-state index is 0.389. The van der Waals surface area contributed by atoms with Gasteiger partial charge in [0.05, 0.1) is 0 Å². The van der Waals surface area contributed by atoms with Crippen LogP contribution < -0.4 is 0 Å². The Balaban J connectivity index is 2.81.